The van der Waals surface area contributed by atoms with Gasteiger partial charge < -0.3 is 5.32 Å². The fourth-order valence-electron chi connectivity index (χ4n) is 2.17. The maximum atomic E-state index is 11.8. The van der Waals surface area contributed by atoms with E-state index in [0.717, 1.165) is 43.4 Å². The highest BCUT2D eigenvalue weighted by Gasteiger charge is 2.14. The number of nitrogens with one attached hydrogen (secondary N) is 1. The first-order valence-electron chi connectivity index (χ1n) is 6.57. The third-order valence-corrected chi connectivity index (χ3v) is 3.14. The van der Waals surface area contributed by atoms with Gasteiger partial charge in [0.1, 0.15) is 6.54 Å². The summed E-state index contributed by atoms with van der Waals surface area (Å²) in [7, 11) is 0. The van der Waals surface area contributed by atoms with Crippen molar-refractivity contribution in [1.29, 1.82) is 0 Å². The highest BCUT2D eigenvalue weighted by molar-refractivity contribution is 5.75. The van der Waals surface area contributed by atoms with Crippen molar-refractivity contribution in [3.05, 3.63) is 27.7 Å². The van der Waals surface area contributed by atoms with Crippen molar-refractivity contribution in [2.24, 2.45) is 0 Å². The molecule has 98 valence electrons. The molecule has 1 N–H and O–H groups in total. The van der Waals surface area contributed by atoms with E-state index in [0.29, 0.717) is 6.54 Å². The lowest BCUT2D eigenvalue weighted by Gasteiger charge is -2.15. The van der Waals surface area contributed by atoms with E-state index in [2.05, 4.69) is 10.4 Å². The molecule has 5 heteroatoms. The lowest BCUT2D eigenvalue weighted by Crippen LogP contribution is -2.35. The van der Waals surface area contributed by atoms with E-state index in [1.54, 1.807) is 6.07 Å². The van der Waals surface area contributed by atoms with Crippen LogP contribution in [0.5, 0.6) is 0 Å². The fourth-order valence-corrected chi connectivity index (χ4v) is 2.17. The van der Waals surface area contributed by atoms with Gasteiger partial charge in [-0.3, -0.25) is 9.59 Å². The zero-order valence-corrected chi connectivity index (χ0v) is 10.7. The number of nitrogens with zero attached hydrogens (tertiary/aromatic N) is 2. The van der Waals surface area contributed by atoms with Crippen molar-refractivity contribution in [2.75, 3.05) is 6.54 Å². The number of carbonyl (C=O) groups excluding carboxylic acids is 1. The molecule has 0 saturated carbocycles. The topological polar surface area (TPSA) is 64.0 Å². The van der Waals surface area contributed by atoms with Crippen LogP contribution < -0.4 is 10.9 Å². The molecule has 5 nitrogen and oxygen atoms in total. The average molecular weight is 249 g/mol. The zero-order chi connectivity index (χ0) is 13.0. The number of hydrogen-bond acceptors (Lipinski definition) is 3. The molecule has 0 radical (unpaired) electrons. The number of aryl methyl sites for hydroxylation is 2. The van der Waals surface area contributed by atoms with Gasteiger partial charge in [0.15, 0.2) is 0 Å². The van der Waals surface area contributed by atoms with Crippen LogP contribution in [0.15, 0.2) is 10.9 Å². The van der Waals surface area contributed by atoms with Crippen LogP contribution in [0.4, 0.5) is 0 Å². The fraction of sp³-hybridized carbons (Fsp3) is 0.615. The van der Waals surface area contributed by atoms with E-state index in [1.807, 2.05) is 6.92 Å². The van der Waals surface area contributed by atoms with E-state index < -0.39 is 0 Å². The quantitative estimate of drug-likeness (QED) is 0.852. The van der Waals surface area contributed by atoms with Crippen molar-refractivity contribution in [3.63, 3.8) is 0 Å². The minimum absolute atomic E-state index is 0.0200. The van der Waals surface area contributed by atoms with Crippen LogP contribution >= 0.6 is 0 Å². The van der Waals surface area contributed by atoms with Crippen molar-refractivity contribution in [1.82, 2.24) is 15.1 Å². The summed E-state index contributed by atoms with van der Waals surface area (Å²) in [6.45, 7) is 2.65. The van der Waals surface area contributed by atoms with Crippen LogP contribution in [-0.2, 0) is 24.2 Å². The molecule has 1 amide bonds. The van der Waals surface area contributed by atoms with Crippen molar-refractivity contribution >= 4 is 5.91 Å². The number of hydrogen-bond donors (Lipinski definition) is 1. The van der Waals surface area contributed by atoms with Gasteiger partial charge in [-0.05, 0) is 37.7 Å². The van der Waals surface area contributed by atoms with Gasteiger partial charge in [-0.15, -0.1) is 0 Å². The Labute approximate surface area is 106 Å². The Kier molecular flexibility index (Phi) is 4.12. The number of rotatable bonds is 4. The maximum Gasteiger partial charge on any atom is 0.267 e. The summed E-state index contributed by atoms with van der Waals surface area (Å²) in [6, 6.07) is 1.63. The molecule has 0 atom stereocenters. The molecule has 0 saturated heterocycles. The maximum absolute atomic E-state index is 11.8. The van der Waals surface area contributed by atoms with Crippen molar-refractivity contribution < 1.29 is 4.79 Å². The molecule has 1 aromatic rings. The molecule has 0 spiro atoms. The zero-order valence-electron chi connectivity index (χ0n) is 10.7. The first-order valence-corrected chi connectivity index (χ1v) is 6.57. The van der Waals surface area contributed by atoms with Crippen LogP contribution in [0.1, 0.15) is 37.4 Å². The summed E-state index contributed by atoms with van der Waals surface area (Å²) in [5.41, 5.74) is 1.85. The van der Waals surface area contributed by atoms with Crippen LogP contribution in [0.3, 0.4) is 0 Å². The van der Waals surface area contributed by atoms with E-state index in [9.17, 15) is 9.59 Å². The van der Waals surface area contributed by atoms with E-state index in [1.165, 1.54) is 4.68 Å². The van der Waals surface area contributed by atoms with Gasteiger partial charge in [0.25, 0.3) is 5.56 Å². The first kappa shape index (κ1) is 12.8. The Morgan fingerprint density at radius 3 is 3.00 bits per heavy atom. The monoisotopic (exact) mass is 249 g/mol. The largest absolute Gasteiger partial charge is 0.355 e. The normalized spacial score (nSPS) is 14.1. The molecule has 0 aliphatic heterocycles. The Morgan fingerprint density at radius 2 is 2.22 bits per heavy atom. The third-order valence-electron chi connectivity index (χ3n) is 3.14. The third kappa shape index (κ3) is 2.97. The molecule has 0 bridgehead atoms. The first-order chi connectivity index (χ1) is 8.70. The lowest BCUT2D eigenvalue weighted by atomic mass is 9.97. The summed E-state index contributed by atoms with van der Waals surface area (Å²) in [5, 5.41) is 7.05. The van der Waals surface area contributed by atoms with E-state index >= 15 is 0 Å². The SMILES string of the molecule is CCCNC(=O)Cn1nc2c(cc1=O)CCCC2. The highest BCUT2D eigenvalue weighted by atomic mass is 16.2. The van der Waals surface area contributed by atoms with Gasteiger partial charge in [-0.25, -0.2) is 4.68 Å². The van der Waals surface area contributed by atoms with Gasteiger partial charge in [0.05, 0.1) is 5.69 Å². The molecular weight excluding hydrogens is 230 g/mol. The molecule has 18 heavy (non-hydrogen) atoms. The Morgan fingerprint density at radius 1 is 1.44 bits per heavy atom. The second-order valence-electron chi connectivity index (χ2n) is 4.67. The van der Waals surface area contributed by atoms with Crippen molar-refractivity contribution in [2.45, 2.75) is 45.6 Å². The van der Waals surface area contributed by atoms with Gasteiger partial charge in [0, 0.05) is 12.6 Å². The molecule has 0 aromatic carbocycles. The number of carbonyl (C=O) groups is 1. The minimum Gasteiger partial charge on any atom is -0.355 e. The standard InChI is InChI=1S/C13H19N3O2/c1-2-7-14-12(17)9-16-13(18)8-10-5-3-4-6-11(10)15-16/h8H,2-7,9H2,1H3,(H,14,17). The Balaban J connectivity index is 2.13. The van der Waals surface area contributed by atoms with Crippen LogP contribution in [0.2, 0.25) is 0 Å². The van der Waals surface area contributed by atoms with Gasteiger partial charge in [-0.2, -0.15) is 5.10 Å². The van der Waals surface area contributed by atoms with Crippen LogP contribution in [-0.4, -0.2) is 22.2 Å². The summed E-state index contributed by atoms with van der Waals surface area (Å²) in [6.07, 6.45) is 4.96. The summed E-state index contributed by atoms with van der Waals surface area (Å²) in [5.74, 6) is -0.151. The van der Waals surface area contributed by atoms with E-state index in [-0.39, 0.29) is 18.0 Å². The molecule has 1 heterocycles. The van der Waals surface area contributed by atoms with Gasteiger partial charge >= 0.3 is 0 Å². The summed E-state index contributed by atoms with van der Waals surface area (Å²) in [4.78, 5) is 23.4. The summed E-state index contributed by atoms with van der Waals surface area (Å²) >= 11 is 0. The number of fused-ring (bicyclic) bond motifs is 1. The number of amides is 1. The van der Waals surface area contributed by atoms with Crippen LogP contribution in [0, 0.1) is 0 Å². The Hall–Kier alpha value is -1.65. The molecule has 1 aliphatic rings. The summed E-state index contributed by atoms with van der Waals surface area (Å²) < 4.78 is 1.27. The highest BCUT2D eigenvalue weighted by Crippen LogP contribution is 2.16. The molecular formula is C13H19N3O2. The molecule has 0 unspecified atom stereocenters. The smallest absolute Gasteiger partial charge is 0.267 e. The lowest BCUT2D eigenvalue weighted by molar-refractivity contribution is -0.121. The van der Waals surface area contributed by atoms with Gasteiger partial charge in [-0.1, -0.05) is 6.92 Å². The average Bonchev–Trinajstić information content (AvgIpc) is 2.37. The van der Waals surface area contributed by atoms with Crippen molar-refractivity contribution in [3.8, 4) is 0 Å². The van der Waals surface area contributed by atoms with E-state index in [4.69, 9.17) is 0 Å². The Bertz CT molecular complexity index is 493. The molecule has 1 aromatic heterocycles. The number of aromatic nitrogens is 2. The molecule has 0 fully saturated rings. The minimum atomic E-state index is -0.178. The second-order valence-corrected chi connectivity index (χ2v) is 4.67. The predicted octanol–water partition coefficient (Wildman–Crippen LogP) is 0.648. The predicted molar refractivity (Wildman–Crippen MR) is 68.4 cm³/mol. The van der Waals surface area contributed by atoms with Gasteiger partial charge in [0.2, 0.25) is 5.91 Å². The van der Waals surface area contributed by atoms with Crippen LogP contribution in [0.25, 0.3) is 0 Å². The second kappa shape index (κ2) is 5.80. The molecule has 2 rings (SSSR count). The molecule has 1 aliphatic carbocycles.